The smallest absolute Gasteiger partial charge is 0.325 e. The zero-order chi connectivity index (χ0) is 13.5. The molecule has 0 aromatic heterocycles. The van der Waals surface area contributed by atoms with Gasteiger partial charge in [-0.3, -0.25) is 9.59 Å². The lowest BCUT2D eigenvalue weighted by Gasteiger charge is -2.09. The number of aliphatic carboxylic acids is 1. The molecule has 0 fully saturated rings. The van der Waals surface area contributed by atoms with E-state index in [0.29, 0.717) is 5.75 Å². The second kappa shape index (κ2) is 6.58. The number of ether oxygens (including phenoxy) is 1. The van der Waals surface area contributed by atoms with E-state index < -0.39 is 17.9 Å². The molecule has 0 aliphatic heterocycles. The van der Waals surface area contributed by atoms with Crippen LogP contribution in [-0.4, -0.2) is 29.6 Å². The molecule has 1 aromatic rings. The monoisotopic (exact) mass is 255 g/mol. The third-order valence-electron chi connectivity index (χ3n) is 2.16. The molecule has 0 aliphatic rings. The number of hydrogen-bond donors (Lipinski definition) is 2. The molecule has 2 N–H and O–H groups in total. The topological polar surface area (TPSA) is 75.6 Å². The summed E-state index contributed by atoms with van der Waals surface area (Å²) in [5, 5.41) is 10.9. The van der Waals surface area contributed by atoms with Gasteiger partial charge in [0.05, 0.1) is 13.0 Å². The number of nitrogens with one attached hydrogen (secondary N) is 1. The quantitative estimate of drug-likeness (QED) is 0.800. The number of amides is 1. The minimum atomic E-state index is -1.09. The van der Waals surface area contributed by atoms with E-state index in [-0.39, 0.29) is 18.8 Å². The van der Waals surface area contributed by atoms with Crippen molar-refractivity contribution in [3.63, 3.8) is 0 Å². The molecule has 1 amide bonds. The maximum Gasteiger partial charge on any atom is 0.325 e. The van der Waals surface area contributed by atoms with Crippen molar-refractivity contribution in [2.75, 3.05) is 6.61 Å². The molecule has 18 heavy (non-hydrogen) atoms. The molecule has 6 heteroatoms. The molecule has 5 nitrogen and oxygen atoms in total. The Morgan fingerprint density at radius 2 is 2.00 bits per heavy atom. The third-order valence-corrected chi connectivity index (χ3v) is 2.16. The average molecular weight is 255 g/mol. The van der Waals surface area contributed by atoms with Gasteiger partial charge in [0.2, 0.25) is 5.91 Å². The van der Waals surface area contributed by atoms with E-state index in [1.165, 1.54) is 31.2 Å². The van der Waals surface area contributed by atoms with E-state index in [9.17, 15) is 14.0 Å². The number of rotatable bonds is 6. The summed E-state index contributed by atoms with van der Waals surface area (Å²) in [7, 11) is 0. The standard InChI is InChI=1S/C12H14FNO4/c1-8(12(16)17)14-11(15)6-7-18-10-4-2-9(13)3-5-10/h2-5,8H,6-7H2,1H3,(H,14,15)(H,16,17). The molecule has 0 radical (unpaired) electrons. The van der Waals surface area contributed by atoms with Gasteiger partial charge in [0.15, 0.2) is 0 Å². The first kappa shape index (κ1) is 14.0. The van der Waals surface area contributed by atoms with Gasteiger partial charge in [0.25, 0.3) is 0 Å². The van der Waals surface area contributed by atoms with Crippen molar-refractivity contribution >= 4 is 11.9 Å². The molecule has 0 heterocycles. The number of carbonyl (C=O) groups is 2. The summed E-state index contributed by atoms with van der Waals surface area (Å²) in [6.45, 7) is 1.48. The SMILES string of the molecule is CC(NC(=O)CCOc1ccc(F)cc1)C(=O)O. The lowest BCUT2D eigenvalue weighted by atomic mass is 10.3. The molecule has 0 saturated heterocycles. The minimum Gasteiger partial charge on any atom is -0.493 e. The first-order valence-corrected chi connectivity index (χ1v) is 5.39. The van der Waals surface area contributed by atoms with E-state index in [1.807, 2.05) is 0 Å². The highest BCUT2D eigenvalue weighted by molar-refractivity contribution is 5.83. The third kappa shape index (κ3) is 4.82. The summed E-state index contributed by atoms with van der Waals surface area (Å²) in [5.41, 5.74) is 0. The Morgan fingerprint density at radius 3 is 2.56 bits per heavy atom. The average Bonchev–Trinajstić information content (AvgIpc) is 2.31. The molecule has 1 atom stereocenters. The van der Waals surface area contributed by atoms with Crippen LogP contribution in [0, 0.1) is 5.82 Å². The summed E-state index contributed by atoms with van der Waals surface area (Å²) in [4.78, 5) is 21.8. The normalized spacial score (nSPS) is 11.7. The second-order valence-corrected chi connectivity index (χ2v) is 3.68. The Bertz CT molecular complexity index is 419. The fraction of sp³-hybridized carbons (Fsp3) is 0.333. The fourth-order valence-corrected chi connectivity index (χ4v) is 1.17. The van der Waals surface area contributed by atoms with Gasteiger partial charge in [0.1, 0.15) is 17.6 Å². The van der Waals surface area contributed by atoms with Crippen LogP contribution in [0.2, 0.25) is 0 Å². The van der Waals surface area contributed by atoms with Crippen LogP contribution in [0.5, 0.6) is 5.75 Å². The van der Waals surface area contributed by atoms with Crippen LogP contribution in [0.25, 0.3) is 0 Å². The Morgan fingerprint density at radius 1 is 1.39 bits per heavy atom. The molecular formula is C12H14FNO4. The second-order valence-electron chi connectivity index (χ2n) is 3.68. The molecule has 0 saturated carbocycles. The number of halogens is 1. The number of benzene rings is 1. The van der Waals surface area contributed by atoms with Crippen LogP contribution >= 0.6 is 0 Å². The van der Waals surface area contributed by atoms with Crippen LogP contribution < -0.4 is 10.1 Å². The Hall–Kier alpha value is -2.11. The van der Waals surface area contributed by atoms with Crippen molar-refractivity contribution in [1.29, 1.82) is 0 Å². The number of carboxylic acids is 1. The highest BCUT2D eigenvalue weighted by Crippen LogP contribution is 2.10. The molecule has 0 bridgehead atoms. The maximum atomic E-state index is 12.6. The van der Waals surface area contributed by atoms with Crippen molar-refractivity contribution in [2.45, 2.75) is 19.4 Å². The van der Waals surface area contributed by atoms with Crippen LogP contribution in [0.3, 0.4) is 0 Å². The van der Waals surface area contributed by atoms with Gasteiger partial charge in [-0.2, -0.15) is 0 Å². The predicted octanol–water partition coefficient (Wildman–Crippen LogP) is 1.18. The van der Waals surface area contributed by atoms with Gasteiger partial charge in [0, 0.05) is 0 Å². The summed E-state index contributed by atoms with van der Waals surface area (Å²) >= 11 is 0. The van der Waals surface area contributed by atoms with Crippen LogP contribution in [0.15, 0.2) is 24.3 Å². The Labute approximate surface area is 104 Å². The highest BCUT2D eigenvalue weighted by atomic mass is 19.1. The van der Waals surface area contributed by atoms with Crippen molar-refractivity contribution in [3.8, 4) is 5.75 Å². The van der Waals surface area contributed by atoms with Crippen molar-refractivity contribution in [3.05, 3.63) is 30.1 Å². The summed E-state index contributed by atoms with van der Waals surface area (Å²) in [6, 6.07) is 4.48. The van der Waals surface area contributed by atoms with Crippen LogP contribution in [0.4, 0.5) is 4.39 Å². The van der Waals surface area contributed by atoms with Crippen molar-refractivity contribution in [1.82, 2.24) is 5.32 Å². The van der Waals surface area contributed by atoms with E-state index >= 15 is 0 Å². The molecule has 0 aliphatic carbocycles. The Balaban J connectivity index is 2.27. The first-order chi connectivity index (χ1) is 8.49. The van der Waals surface area contributed by atoms with E-state index in [4.69, 9.17) is 9.84 Å². The van der Waals surface area contributed by atoms with Crippen molar-refractivity contribution < 1.29 is 23.8 Å². The molecular weight excluding hydrogens is 241 g/mol. The Kier molecular flexibility index (Phi) is 5.10. The van der Waals surface area contributed by atoms with Gasteiger partial charge in [-0.15, -0.1) is 0 Å². The van der Waals surface area contributed by atoms with Gasteiger partial charge < -0.3 is 15.2 Å². The highest BCUT2D eigenvalue weighted by Gasteiger charge is 2.13. The minimum absolute atomic E-state index is 0.0367. The predicted molar refractivity (Wildman–Crippen MR) is 61.8 cm³/mol. The molecule has 1 unspecified atom stereocenters. The summed E-state index contributed by atoms with van der Waals surface area (Å²) in [6.07, 6.45) is 0.0367. The van der Waals surface area contributed by atoms with E-state index in [1.54, 1.807) is 0 Å². The molecule has 1 aromatic carbocycles. The molecule has 0 spiro atoms. The van der Waals surface area contributed by atoms with Gasteiger partial charge in [-0.1, -0.05) is 0 Å². The summed E-state index contributed by atoms with van der Waals surface area (Å²) < 4.78 is 17.8. The number of hydrogen-bond acceptors (Lipinski definition) is 3. The maximum absolute atomic E-state index is 12.6. The van der Waals surface area contributed by atoms with Gasteiger partial charge >= 0.3 is 5.97 Å². The largest absolute Gasteiger partial charge is 0.493 e. The molecule has 1 rings (SSSR count). The van der Waals surface area contributed by atoms with Crippen LogP contribution in [0.1, 0.15) is 13.3 Å². The van der Waals surface area contributed by atoms with Crippen molar-refractivity contribution in [2.24, 2.45) is 0 Å². The number of carboxylic acid groups (broad SMARTS) is 1. The van der Waals surface area contributed by atoms with E-state index in [2.05, 4.69) is 5.32 Å². The zero-order valence-electron chi connectivity index (χ0n) is 9.85. The van der Waals surface area contributed by atoms with Crippen LogP contribution in [-0.2, 0) is 9.59 Å². The zero-order valence-corrected chi connectivity index (χ0v) is 9.85. The summed E-state index contributed by atoms with van der Waals surface area (Å²) in [5.74, 6) is -1.42. The first-order valence-electron chi connectivity index (χ1n) is 5.39. The molecule has 98 valence electrons. The van der Waals surface area contributed by atoms with E-state index in [0.717, 1.165) is 0 Å². The fourth-order valence-electron chi connectivity index (χ4n) is 1.17. The van der Waals surface area contributed by atoms with Gasteiger partial charge in [-0.05, 0) is 31.2 Å². The number of carbonyl (C=O) groups excluding carboxylic acids is 1. The van der Waals surface area contributed by atoms with Gasteiger partial charge in [-0.25, -0.2) is 4.39 Å². The lowest BCUT2D eigenvalue weighted by Crippen LogP contribution is -2.38. The lowest BCUT2D eigenvalue weighted by molar-refractivity contribution is -0.141.